The van der Waals surface area contributed by atoms with Crippen molar-refractivity contribution in [2.75, 3.05) is 12.4 Å². The minimum absolute atomic E-state index is 0.687. The summed E-state index contributed by atoms with van der Waals surface area (Å²) in [6, 6.07) is 26.6. The summed E-state index contributed by atoms with van der Waals surface area (Å²) in [5, 5.41) is 3.24. The Morgan fingerprint density at radius 1 is 0.800 bits per heavy atom. The van der Waals surface area contributed by atoms with Crippen LogP contribution < -0.4 is 5.32 Å². The Morgan fingerprint density at radius 3 is 2.08 bits per heavy atom. The van der Waals surface area contributed by atoms with Gasteiger partial charge in [-0.1, -0.05) is 60.7 Å². The zero-order valence-electron chi connectivity index (χ0n) is 14.4. The van der Waals surface area contributed by atoms with Crippen molar-refractivity contribution < 1.29 is 0 Å². The van der Waals surface area contributed by atoms with Crippen molar-refractivity contribution in [1.82, 2.24) is 0 Å². The van der Waals surface area contributed by atoms with E-state index >= 15 is 0 Å². The predicted molar refractivity (Wildman–Crippen MR) is 106 cm³/mol. The molecule has 2 aliphatic rings. The first-order valence-corrected chi connectivity index (χ1v) is 9.03. The SMILES string of the molecule is CNc1cccc(C=C2c3ccccc3C3C[C@@H]3c3ccccc32)c1. The van der Waals surface area contributed by atoms with E-state index in [0.29, 0.717) is 11.8 Å². The molecule has 5 rings (SSSR count). The highest BCUT2D eigenvalue weighted by Crippen LogP contribution is 2.60. The van der Waals surface area contributed by atoms with Crippen LogP contribution in [-0.2, 0) is 0 Å². The number of nitrogens with one attached hydrogen (secondary N) is 1. The monoisotopic (exact) mass is 323 g/mol. The van der Waals surface area contributed by atoms with Gasteiger partial charge >= 0.3 is 0 Å². The smallest absolute Gasteiger partial charge is 0.0343 e. The second kappa shape index (κ2) is 5.63. The van der Waals surface area contributed by atoms with Crippen molar-refractivity contribution in [3.05, 3.63) is 101 Å². The van der Waals surface area contributed by atoms with Crippen LogP contribution in [0.3, 0.4) is 0 Å². The van der Waals surface area contributed by atoms with Gasteiger partial charge < -0.3 is 5.32 Å². The highest BCUT2D eigenvalue weighted by molar-refractivity contribution is 5.95. The topological polar surface area (TPSA) is 12.0 Å². The number of rotatable bonds is 2. The van der Waals surface area contributed by atoms with Gasteiger partial charge in [0.25, 0.3) is 0 Å². The maximum absolute atomic E-state index is 3.24. The largest absolute Gasteiger partial charge is 0.388 e. The number of hydrogen-bond acceptors (Lipinski definition) is 1. The second-order valence-corrected chi connectivity index (χ2v) is 7.06. The average molecular weight is 323 g/mol. The lowest BCUT2D eigenvalue weighted by molar-refractivity contribution is 1.03. The Kier molecular flexibility index (Phi) is 3.27. The summed E-state index contributed by atoms with van der Waals surface area (Å²) in [5.74, 6) is 1.37. The van der Waals surface area contributed by atoms with Gasteiger partial charge in [-0.25, -0.2) is 0 Å². The molecule has 0 saturated heterocycles. The van der Waals surface area contributed by atoms with Crippen molar-refractivity contribution in [3.63, 3.8) is 0 Å². The minimum atomic E-state index is 0.687. The Morgan fingerprint density at radius 2 is 1.44 bits per heavy atom. The Bertz CT molecular complexity index is 929. The van der Waals surface area contributed by atoms with Gasteiger partial charge in [0.15, 0.2) is 0 Å². The number of hydrogen-bond donors (Lipinski definition) is 1. The quantitative estimate of drug-likeness (QED) is 0.619. The molecule has 3 aromatic carbocycles. The summed E-state index contributed by atoms with van der Waals surface area (Å²) in [4.78, 5) is 0. The molecule has 1 fully saturated rings. The maximum Gasteiger partial charge on any atom is 0.0343 e. The summed E-state index contributed by atoms with van der Waals surface area (Å²) >= 11 is 0. The van der Waals surface area contributed by atoms with E-state index < -0.39 is 0 Å². The second-order valence-electron chi connectivity index (χ2n) is 7.06. The lowest BCUT2D eigenvalue weighted by Crippen LogP contribution is -1.94. The van der Waals surface area contributed by atoms with Gasteiger partial charge in [0, 0.05) is 12.7 Å². The highest BCUT2D eigenvalue weighted by atomic mass is 14.8. The van der Waals surface area contributed by atoms with Gasteiger partial charge in [0.05, 0.1) is 0 Å². The molecule has 122 valence electrons. The van der Waals surface area contributed by atoms with E-state index in [0.717, 1.165) is 5.69 Å². The van der Waals surface area contributed by atoms with Crippen LogP contribution in [-0.4, -0.2) is 7.05 Å². The Hall–Kier alpha value is -2.80. The van der Waals surface area contributed by atoms with Crippen LogP contribution in [0, 0.1) is 0 Å². The van der Waals surface area contributed by atoms with Crippen molar-refractivity contribution in [2.24, 2.45) is 0 Å². The molecule has 0 amide bonds. The zero-order valence-corrected chi connectivity index (χ0v) is 14.4. The molecule has 0 radical (unpaired) electrons. The molecule has 1 nitrogen and oxygen atoms in total. The van der Waals surface area contributed by atoms with Crippen LogP contribution in [0.1, 0.15) is 46.1 Å². The van der Waals surface area contributed by atoms with Crippen molar-refractivity contribution >= 4 is 17.3 Å². The number of benzene rings is 3. The number of fused-ring (bicyclic) bond motifs is 5. The third kappa shape index (κ3) is 2.39. The van der Waals surface area contributed by atoms with E-state index in [1.807, 2.05) is 7.05 Å². The summed E-state index contributed by atoms with van der Waals surface area (Å²) < 4.78 is 0. The molecule has 1 unspecified atom stereocenters. The summed E-state index contributed by atoms with van der Waals surface area (Å²) in [5.41, 5.74) is 9.56. The Labute approximate surface area is 149 Å². The molecule has 1 heteroatoms. The van der Waals surface area contributed by atoms with Gasteiger partial charge in [0.2, 0.25) is 0 Å². The molecule has 0 heterocycles. The zero-order chi connectivity index (χ0) is 16.8. The lowest BCUT2D eigenvalue weighted by Gasteiger charge is -2.14. The van der Waals surface area contributed by atoms with Crippen LogP contribution in [0.2, 0.25) is 0 Å². The molecule has 0 aliphatic heterocycles. The van der Waals surface area contributed by atoms with Crippen LogP contribution in [0.5, 0.6) is 0 Å². The fraction of sp³-hybridized carbons (Fsp3) is 0.167. The van der Waals surface area contributed by atoms with E-state index in [4.69, 9.17) is 0 Å². The van der Waals surface area contributed by atoms with Gasteiger partial charge in [-0.2, -0.15) is 0 Å². The van der Waals surface area contributed by atoms with E-state index in [1.165, 1.54) is 39.8 Å². The van der Waals surface area contributed by atoms with Crippen LogP contribution in [0.4, 0.5) is 5.69 Å². The summed E-state index contributed by atoms with van der Waals surface area (Å²) in [6.45, 7) is 0. The summed E-state index contributed by atoms with van der Waals surface area (Å²) in [6.07, 6.45) is 3.64. The van der Waals surface area contributed by atoms with E-state index in [-0.39, 0.29) is 0 Å². The minimum Gasteiger partial charge on any atom is -0.388 e. The first-order valence-electron chi connectivity index (χ1n) is 9.03. The Balaban J connectivity index is 1.76. The van der Waals surface area contributed by atoms with E-state index in [2.05, 4.69) is 84.2 Å². The fourth-order valence-corrected chi connectivity index (χ4v) is 4.26. The normalized spacial score (nSPS) is 21.7. The third-order valence-electron chi connectivity index (χ3n) is 5.58. The van der Waals surface area contributed by atoms with Crippen LogP contribution in [0.15, 0.2) is 72.8 Å². The molecule has 25 heavy (non-hydrogen) atoms. The lowest BCUT2D eigenvalue weighted by atomic mass is 9.90. The predicted octanol–water partition coefficient (Wildman–Crippen LogP) is 5.90. The molecule has 0 spiro atoms. The molecule has 3 aromatic rings. The maximum atomic E-state index is 3.24. The standard InChI is InChI=1S/C24H21N/c1-25-17-8-6-7-16(13-17)14-22-18-9-2-4-11-20(18)23-15-24(23)21-12-5-3-10-19(21)22/h2-14,23-25H,15H2,1H3/t23-,24?/m1/s1. The van der Waals surface area contributed by atoms with E-state index in [1.54, 1.807) is 0 Å². The molecule has 0 bridgehead atoms. The molecule has 0 aromatic heterocycles. The van der Waals surface area contributed by atoms with Crippen LogP contribution >= 0.6 is 0 Å². The molecule has 2 atom stereocenters. The van der Waals surface area contributed by atoms with Crippen LogP contribution in [0.25, 0.3) is 11.6 Å². The first-order chi connectivity index (χ1) is 12.3. The molecule has 1 saturated carbocycles. The third-order valence-corrected chi connectivity index (χ3v) is 5.58. The first kappa shape index (κ1) is 14.5. The fourth-order valence-electron chi connectivity index (χ4n) is 4.26. The molecular weight excluding hydrogens is 302 g/mol. The van der Waals surface area contributed by atoms with Gasteiger partial charge in [-0.3, -0.25) is 0 Å². The molecule has 1 N–H and O–H groups in total. The highest BCUT2D eigenvalue weighted by Gasteiger charge is 2.44. The van der Waals surface area contributed by atoms with Gasteiger partial charge in [-0.05, 0) is 69.9 Å². The average Bonchev–Trinajstić information content (AvgIpc) is 3.47. The van der Waals surface area contributed by atoms with Gasteiger partial charge in [-0.15, -0.1) is 0 Å². The van der Waals surface area contributed by atoms with Crippen molar-refractivity contribution in [1.29, 1.82) is 0 Å². The molecule has 2 aliphatic carbocycles. The van der Waals surface area contributed by atoms with E-state index in [9.17, 15) is 0 Å². The summed E-state index contributed by atoms with van der Waals surface area (Å²) in [7, 11) is 1.97. The van der Waals surface area contributed by atoms with Crippen molar-refractivity contribution in [2.45, 2.75) is 18.3 Å². The van der Waals surface area contributed by atoms with Crippen molar-refractivity contribution in [3.8, 4) is 0 Å². The van der Waals surface area contributed by atoms with Gasteiger partial charge in [0.1, 0.15) is 0 Å². The number of anilines is 1. The molecular formula is C24H21N.